The highest BCUT2D eigenvalue weighted by Gasteiger charge is 2.15. The van der Waals surface area contributed by atoms with Crippen molar-refractivity contribution in [3.8, 4) is 0 Å². The first-order chi connectivity index (χ1) is 11.6. The lowest BCUT2D eigenvalue weighted by atomic mass is 10.1. The number of hydrogen-bond acceptors (Lipinski definition) is 6. The molecule has 0 aliphatic carbocycles. The third-order valence-electron chi connectivity index (χ3n) is 3.94. The Morgan fingerprint density at radius 1 is 1.29 bits per heavy atom. The number of nitrogens with one attached hydrogen (secondary N) is 2. The number of Topliss-reactive ketones (excluding diaryl/α,β-unsaturated/α-hetero) is 1. The van der Waals surface area contributed by atoms with Crippen molar-refractivity contribution in [2.24, 2.45) is 0 Å². The standard InChI is InChI=1S/C18H22N4O2/c1-12-10-17(19-11-16-4-3-9-24-16)22-18(20-12)21-15-7-5-14(6-8-15)13(2)23/h5-8,10,16H,3-4,9,11H2,1-2H3,(H2,19,20,21,22). The Hall–Kier alpha value is -2.47. The van der Waals surface area contributed by atoms with Crippen LogP contribution in [0.1, 0.15) is 35.8 Å². The van der Waals surface area contributed by atoms with Crippen molar-refractivity contribution in [1.82, 2.24) is 9.97 Å². The van der Waals surface area contributed by atoms with Crippen molar-refractivity contribution in [3.63, 3.8) is 0 Å². The average Bonchev–Trinajstić information content (AvgIpc) is 3.06. The molecule has 1 aromatic heterocycles. The number of ether oxygens (including phenoxy) is 1. The van der Waals surface area contributed by atoms with Crippen molar-refractivity contribution in [2.75, 3.05) is 23.8 Å². The predicted octanol–water partition coefficient (Wildman–Crippen LogP) is 3.32. The minimum absolute atomic E-state index is 0.0500. The zero-order valence-electron chi connectivity index (χ0n) is 14.0. The summed E-state index contributed by atoms with van der Waals surface area (Å²) in [6.45, 7) is 5.09. The second-order valence-corrected chi connectivity index (χ2v) is 5.99. The van der Waals surface area contributed by atoms with Crippen molar-refractivity contribution in [2.45, 2.75) is 32.8 Å². The van der Waals surface area contributed by atoms with Crippen molar-refractivity contribution in [1.29, 1.82) is 0 Å². The van der Waals surface area contributed by atoms with Crippen LogP contribution in [0.25, 0.3) is 0 Å². The van der Waals surface area contributed by atoms with Crippen LogP contribution in [0.3, 0.4) is 0 Å². The molecule has 1 fully saturated rings. The van der Waals surface area contributed by atoms with E-state index in [1.807, 2.05) is 25.1 Å². The van der Waals surface area contributed by atoms with Gasteiger partial charge in [-0.3, -0.25) is 4.79 Å². The number of hydrogen-bond donors (Lipinski definition) is 2. The number of carbonyl (C=O) groups excluding carboxylic acids is 1. The van der Waals surface area contributed by atoms with E-state index in [0.717, 1.165) is 43.2 Å². The maximum absolute atomic E-state index is 11.3. The number of carbonyl (C=O) groups is 1. The molecule has 0 saturated carbocycles. The monoisotopic (exact) mass is 326 g/mol. The molecule has 24 heavy (non-hydrogen) atoms. The second kappa shape index (κ2) is 7.40. The van der Waals surface area contributed by atoms with Gasteiger partial charge in [0.05, 0.1) is 6.10 Å². The van der Waals surface area contributed by atoms with E-state index in [1.54, 1.807) is 19.1 Å². The second-order valence-electron chi connectivity index (χ2n) is 5.99. The maximum atomic E-state index is 11.3. The molecule has 1 unspecified atom stereocenters. The van der Waals surface area contributed by atoms with E-state index in [4.69, 9.17) is 4.74 Å². The number of nitrogens with zero attached hydrogens (tertiary/aromatic N) is 2. The number of aromatic nitrogens is 2. The molecule has 1 atom stereocenters. The highest BCUT2D eigenvalue weighted by Crippen LogP contribution is 2.18. The molecule has 0 amide bonds. The third-order valence-corrected chi connectivity index (χ3v) is 3.94. The molecular weight excluding hydrogens is 304 g/mol. The number of ketones is 1. The number of benzene rings is 1. The molecule has 1 aliphatic rings. The molecule has 2 N–H and O–H groups in total. The van der Waals surface area contributed by atoms with Crippen LogP contribution in [0.4, 0.5) is 17.5 Å². The summed E-state index contributed by atoms with van der Waals surface area (Å²) in [6.07, 6.45) is 2.47. The summed E-state index contributed by atoms with van der Waals surface area (Å²) in [6, 6.07) is 9.19. The van der Waals surface area contributed by atoms with Gasteiger partial charge in [-0.05, 0) is 51.0 Å². The molecule has 0 radical (unpaired) electrons. The molecule has 6 nitrogen and oxygen atoms in total. The van der Waals surface area contributed by atoms with Gasteiger partial charge in [-0.2, -0.15) is 4.98 Å². The molecule has 2 heterocycles. The molecule has 0 bridgehead atoms. The average molecular weight is 326 g/mol. The van der Waals surface area contributed by atoms with Crippen LogP contribution >= 0.6 is 0 Å². The number of rotatable bonds is 6. The Morgan fingerprint density at radius 2 is 2.08 bits per heavy atom. The van der Waals surface area contributed by atoms with Gasteiger partial charge >= 0.3 is 0 Å². The van der Waals surface area contributed by atoms with Crippen LogP contribution in [0.15, 0.2) is 30.3 Å². The minimum Gasteiger partial charge on any atom is -0.376 e. The maximum Gasteiger partial charge on any atom is 0.229 e. The minimum atomic E-state index is 0.0500. The van der Waals surface area contributed by atoms with Gasteiger partial charge in [0.15, 0.2) is 5.78 Å². The van der Waals surface area contributed by atoms with Gasteiger partial charge in [0.2, 0.25) is 5.95 Å². The number of anilines is 3. The summed E-state index contributed by atoms with van der Waals surface area (Å²) in [5.41, 5.74) is 2.41. The fraction of sp³-hybridized carbons (Fsp3) is 0.389. The lowest BCUT2D eigenvalue weighted by Gasteiger charge is -2.13. The van der Waals surface area contributed by atoms with Crippen LogP contribution in [-0.2, 0) is 4.74 Å². The topological polar surface area (TPSA) is 76.1 Å². The smallest absolute Gasteiger partial charge is 0.229 e. The fourth-order valence-electron chi connectivity index (χ4n) is 2.66. The highest BCUT2D eigenvalue weighted by molar-refractivity contribution is 5.94. The van der Waals surface area contributed by atoms with Gasteiger partial charge < -0.3 is 15.4 Å². The first-order valence-electron chi connectivity index (χ1n) is 8.19. The van der Waals surface area contributed by atoms with E-state index in [-0.39, 0.29) is 11.9 Å². The Labute approximate surface area is 141 Å². The summed E-state index contributed by atoms with van der Waals surface area (Å²) >= 11 is 0. The SMILES string of the molecule is CC(=O)c1ccc(Nc2nc(C)cc(NCC3CCCO3)n2)cc1. The molecular formula is C18H22N4O2. The highest BCUT2D eigenvalue weighted by atomic mass is 16.5. The Bertz CT molecular complexity index is 709. The summed E-state index contributed by atoms with van der Waals surface area (Å²) in [5, 5.41) is 6.49. The molecule has 126 valence electrons. The molecule has 6 heteroatoms. The van der Waals surface area contributed by atoms with Gasteiger partial charge in [0.25, 0.3) is 0 Å². The van der Waals surface area contributed by atoms with E-state index in [2.05, 4.69) is 20.6 Å². The first-order valence-corrected chi connectivity index (χ1v) is 8.19. The third kappa shape index (κ3) is 4.29. The normalized spacial score (nSPS) is 16.8. The largest absolute Gasteiger partial charge is 0.376 e. The number of aryl methyl sites for hydroxylation is 1. The fourth-order valence-corrected chi connectivity index (χ4v) is 2.66. The van der Waals surface area contributed by atoms with E-state index in [1.165, 1.54) is 0 Å². The Balaban J connectivity index is 1.67. The lowest BCUT2D eigenvalue weighted by molar-refractivity contribution is 0.101. The Morgan fingerprint density at radius 3 is 2.75 bits per heavy atom. The first kappa shape index (κ1) is 16.4. The van der Waals surface area contributed by atoms with Crippen LogP contribution in [-0.4, -0.2) is 35.0 Å². The zero-order valence-corrected chi connectivity index (χ0v) is 14.0. The Kier molecular flexibility index (Phi) is 5.05. The molecule has 1 aliphatic heterocycles. The van der Waals surface area contributed by atoms with Gasteiger partial charge in [0.1, 0.15) is 5.82 Å². The van der Waals surface area contributed by atoms with Gasteiger partial charge in [-0.15, -0.1) is 0 Å². The van der Waals surface area contributed by atoms with Crippen LogP contribution < -0.4 is 10.6 Å². The summed E-state index contributed by atoms with van der Waals surface area (Å²) in [4.78, 5) is 20.2. The lowest BCUT2D eigenvalue weighted by Crippen LogP contribution is -2.19. The molecule has 2 aromatic rings. The van der Waals surface area contributed by atoms with E-state index in [9.17, 15) is 4.79 Å². The summed E-state index contributed by atoms with van der Waals surface area (Å²) < 4.78 is 5.61. The quantitative estimate of drug-likeness (QED) is 0.793. The van der Waals surface area contributed by atoms with Crippen LogP contribution in [0.5, 0.6) is 0 Å². The van der Waals surface area contributed by atoms with Gasteiger partial charge in [-0.1, -0.05) is 0 Å². The molecule has 3 rings (SSSR count). The summed E-state index contributed by atoms with van der Waals surface area (Å²) in [5.74, 6) is 1.36. The van der Waals surface area contributed by atoms with E-state index < -0.39 is 0 Å². The van der Waals surface area contributed by atoms with Crippen LogP contribution in [0, 0.1) is 6.92 Å². The zero-order chi connectivity index (χ0) is 16.9. The summed E-state index contributed by atoms with van der Waals surface area (Å²) in [7, 11) is 0. The van der Waals surface area contributed by atoms with E-state index >= 15 is 0 Å². The molecule has 1 aromatic carbocycles. The molecule has 1 saturated heterocycles. The van der Waals surface area contributed by atoms with E-state index in [0.29, 0.717) is 11.5 Å². The van der Waals surface area contributed by atoms with Gasteiger partial charge in [-0.25, -0.2) is 4.98 Å². The van der Waals surface area contributed by atoms with Gasteiger partial charge in [0, 0.05) is 36.2 Å². The molecule has 0 spiro atoms. The van der Waals surface area contributed by atoms with Crippen LogP contribution in [0.2, 0.25) is 0 Å². The van der Waals surface area contributed by atoms with Crippen molar-refractivity contribution >= 4 is 23.2 Å². The predicted molar refractivity (Wildman–Crippen MR) is 94.0 cm³/mol. The van der Waals surface area contributed by atoms with Crippen molar-refractivity contribution < 1.29 is 9.53 Å². The van der Waals surface area contributed by atoms with Crippen molar-refractivity contribution in [3.05, 3.63) is 41.6 Å².